The van der Waals surface area contributed by atoms with Crippen LogP contribution >= 0.6 is 11.8 Å². The molecular formula is C15H19N3O2S. The van der Waals surface area contributed by atoms with Crippen molar-refractivity contribution in [2.75, 3.05) is 19.1 Å². The maximum atomic E-state index is 5.46. The molecule has 0 spiro atoms. The summed E-state index contributed by atoms with van der Waals surface area (Å²) < 4.78 is 12.9. The lowest BCUT2D eigenvalue weighted by Crippen LogP contribution is -2.23. The number of thioether (sulfide) groups is 1. The van der Waals surface area contributed by atoms with Crippen LogP contribution in [0.25, 0.3) is 0 Å². The average Bonchev–Trinajstić information content (AvgIpc) is 3.11. The minimum absolute atomic E-state index is 0.256. The predicted molar refractivity (Wildman–Crippen MR) is 82.9 cm³/mol. The zero-order valence-corrected chi connectivity index (χ0v) is 13.0. The average molecular weight is 305 g/mol. The van der Waals surface area contributed by atoms with Crippen molar-refractivity contribution in [3.05, 3.63) is 36.2 Å². The third kappa shape index (κ3) is 3.16. The van der Waals surface area contributed by atoms with E-state index in [2.05, 4.69) is 29.4 Å². The summed E-state index contributed by atoms with van der Waals surface area (Å²) in [6.07, 6.45) is 3.79. The van der Waals surface area contributed by atoms with Crippen molar-refractivity contribution in [2.45, 2.75) is 18.1 Å². The first kappa shape index (κ1) is 14.3. The van der Waals surface area contributed by atoms with Crippen LogP contribution in [0.5, 0.6) is 11.5 Å². The Morgan fingerprint density at radius 1 is 1.38 bits per heavy atom. The molecule has 0 radical (unpaired) electrons. The second kappa shape index (κ2) is 6.41. The minimum atomic E-state index is 0.256. The lowest BCUT2D eigenvalue weighted by Gasteiger charge is -2.18. The van der Waals surface area contributed by atoms with Gasteiger partial charge in [-0.15, -0.1) is 0 Å². The summed E-state index contributed by atoms with van der Waals surface area (Å²) in [7, 11) is 2.01. The molecule has 0 aliphatic carbocycles. The molecule has 1 aromatic carbocycles. The van der Waals surface area contributed by atoms with Crippen molar-refractivity contribution >= 4 is 11.8 Å². The van der Waals surface area contributed by atoms with Crippen molar-refractivity contribution in [2.24, 2.45) is 7.05 Å². The van der Waals surface area contributed by atoms with Crippen LogP contribution in [-0.2, 0) is 7.05 Å². The molecule has 1 atom stereocenters. The van der Waals surface area contributed by atoms with E-state index in [0.29, 0.717) is 6.79 Å². The molecule has 6 heteroatoms. The van der Waals surface area contributed by atoms with Crippen molar-refractivity contribution in [3.63, 3.8) is 0 Å². The molecule has 1 N–H and O–H groups in total. The SMILES string of the molecule is CCNC(CSc1nccn1C)c1ccc2c(c1)OCO2. The smallest absolute Gasteiger partial charge is 0.231 e. The molecule has 0 saturated carbocycles. The number of rotatable bonds is 6. The largest absolute Gasteiger partial charge is 0.454 e. The van der Waals surface area contributed by atoms with Gasteiger partial charge in [-0.2, -0.15) is 0 Å². The maximum Gasteiger partial charge on any atom is 0.231 e. The Morgan fingerprint density at radius 2 is 2.24 bits per heavy atom. The number of fused-ring (bicyclic) bond motifs is 1. The quantitative estimate of drug-likeness (QED) is 0.831. The number of ether oxygens (including phenoxy) is 2. The summed E-state index contributed by atoms with van der Waals surface area (Å²) in [5.74, 6) is 2.57. The van der Waals surface area contributed by atoms with Crippen LogP contribution in [0, 0.1) is 0 Å². The van der Waals surface area contributed by atoms with Crippen LogP contribution in [0.2, 0.25) is 0 Å². The summed E-state index contributed by atoms with van der Waals surface area (Å²) >= 11 is 1.75. The van der Waals surface area contributed by atoms with Crippen LogP contribution in [0.4, 0.5) is 0 Å². The standard InChI is InChI=1S/C15H19N3O2S/c1-3-16-12(9-21-15-17-6-7-18(15)2)11-4-5-13-14(8-11)20-10-19-13/h4-8,12,16H,3,9-10H2,1-2H3. The normalized spacial score (nSPS) is 14.4. The van der Waals surface area contributed by atoms with Crippen LogP contribution in [-0.4, -0.2) is 28.6 Å². The van der Waals surface area contributed by atoms with Crippen molar-refractivity contribution in [1.29, 1.82) is 0 Å². The van der Waals surface area contributed by atoms with Gasteiger partial charge in [0.2, 0.25) is 6.79 Å². The van der Waals surface area contributed by atoms with E-state index in [9.17, 15) is 0 Å². The van der Waals surface area contributed by atoms with Gasteiger partial charge in [0.25, 0.3) is 0 Å². The predicted octanol–water partition coefficient (Wildman–Crippen LogP) is 2.59. The number of aromatic nitrogens is 2. The Hall–Kier alpha value is -1.66. The fraction of sp³-hybridized carbons (Fsp3) is 0.400. The molecule has 112 valence electrons. The first-order chi connectivity index (χ1) is 10.3. The highest BCUT2D eigenvalue weighted by Gasteiger charge is 2.18. The first-order valence-corrected chi connectivity index (χ1v) is 7.99. The molecule has 21 heavy (non-hydrogen) atoms. The second-order valence-electron chi connectivity index (χ2n) is 4.85. The van der Waals surface area contributed by atoms with E-state index in [-0.39, 0.29) is 6.04 Å². The fourth-order valence-corrected chi connectivity index (χ4v) is 3.32. The van der Waals surface area contributed by atoms with Gasteiger partial charge in [-0.25, -0.2) is 4.98 Å². The highest BCUT2D eigenvalue weighted by atomic mass is 32.2. The monoisotopic (exact) mass is 305 g/mol. The molecule has 2 aromatic rings. The topological polar surface area (TPSA) is 48.3 Å². The van der Waals surface area contributed by atoms with Gasteiger partial charge in [0, 0.05) is 31.2 Å². The highest BCUT2D eigenvalue weighted by Crippen LogP contribution is 2.35. The molecule has 0 fully saturated rings. The van der Waals surface area contributed by atoms with Crippen LogP contribution in [0.3, 0.4) is 0 Å². The molecule has 0 saturated heterocycles. The van der Waals surface area contributed by atoms with Crippen LogP contribution in [0.15, 0.2) is 35.7 Å². The van der Waals surface area contributed by atoms with Gasteiger partial charge < -0.3 is 19.4 Å². The van der Waals surface area contributed by atoms with E-state index < -0.39 is 0 Å². The number of nitrogens with zero attached hydrogens (tertiary/aromatic N) is 2. The number of aryl methyl sites for hydroxylation is 1. The van der Waals surface area contributed by atoms with Gasteiger partial charge in [0.15, 0.2) is 16.7 Å². The summed E-state index contributed by atoms with van der Waals surface area (Å²) in [4.78, 5) is 4.35. The Labute approximate surface area is 128 Å². The third-order valence-electron chi connectivity index (χ3n) is 3.41. The maximum absolute atomic E-state index is 5.46. The molecule has 1 aliphatic rings. The highest BCUT2D eigenvalue weighted by molar-refractivity contribution is 7.99. The summed E-state index contributed by atoms with van der Waals surface area (Å²) in [5, 5.41) is 4.54. The van der Waals surface area contributed by atoms with E-state index in [1.165, 1.54) is 5.56 Å². The van der Waals surface area contributed by atoms with E-state index in [1.54, 1.807) is 11.8 Å². The molecule has 1 aromatic heterocycles. The minimum Gasteiger partial charge on any atom is -0.454 e. The first-order valence-electron chi connectivity index (χ1n) is 7.01. The lowest BCUT2D eigenvalue weighted by atomic mass is 10.1. The Morgan fingerprint density at radius 3 is 3.00 bits per heavy atom. The van der Waals surface area contributed by atoms with Gasteiger partial charge in [0.1, 0.15) is 0 Å². The fourth-order valence-electron chi connectivity index (χ4n) is 2.30. The molecule has 5 nitrogen and oxygen atoms in total. The van der Waals surface area contributed by atoms with Gasteiger partial charge in [-0.05, 0) is 24.2 Å². The molecule has 0 amide bonds. The van der Waals surface area contributed by atoms with Gasteiger partial charge in [-0.1, -0.05) is 24.8 Å². The van der Waals surface area contributed by atoms with Gasteiger partial charge in [-0.3, -0.25) is 0 Å². The summed E-state index contributed by atoms with van der Waals surface area (Å²) in [5.41, 5.74) is 1.21. The van der Waals surface area contributed by atoms with Crippen molar-refractivity contribution < 1.29 is 9.47 Å². The molecular weight excluding hydrogens is 286 g/mol. The zero-order valence-electron chi connectivity index (χ0n) is 12.2. The summed E-state index contributed by atoms with van der Waals surface area (Å²) in [6, 6.07) is 6.40. The molecule has 1 unspecified atom stereocenters. The zero-order chi connectivity index (χ0) is 14.7. The number of hydrogen-bond acceptors (Lipinski definition) is 5. The lowest BCUT2D eigenvalue weighted by molar-refractivity contribution is 0.174. The van der Waals surface area contributed by atoms with Gasteiger partial charge in [0.05, 0.1) is 0 Å². The molecule has 1 aliphatic heterocycles. The van der Waals surface area contributed by atoms with Crippen LogP contribution < -0.4 is 14.8 Å². The molecule has 2 heterocycles. The van der Waals surface area contributed by atoms with Crippen molar-refractivity contribution in [3.8, 4) is 11.5 Å². The van der Waals surface area contributed by atoms with E-state index in [0.717, 1.165) is 29.0 Å². The Bertz CT molecular complexity index is 615. The number of hydrogen-bond donors (Lipinski definition) is 1. The molecule has 3 rings (SSSR count). The summed E-state index contributed by atoms with van der Waals surface area (Å²) in [6.45, 7) is 3.35. The molecule has 0 bridgehead atoms. The second-order valence-corrected chi connectivity index (χ2v) is 5.84. The van der Waals surface area contributed by atoms with Crippen LogP contribution in [0.1, 0.15) is 18.5 Å². The Kier molecular flexibility index (Phi) is 4.36. The van der Waals surface area contributed by atoms with Gasteiger partial charge >= 0.3 is 0 Å². The van der Waals surface area contributed by atoms with E-state index >= 15 is 0 Å². The van der Waals surface area contributed by atoms with E-state index in [1.807, 2.05) is 30.1 Å². The number of imidazole rings is 1. The number of benzene rings is 1. The van der Waals surface area contributed by atoms with Crippen molar-refractivity contribution in [1.82, 2.24) is 14.9 Å². The number of nitrogens with one attached hydrogen (secondary N) is 1. The Balaban J connectivity index is 1.73. The third-order valence-corrected chi connectivity index (χ3v) is 4.56. The van der Waals surface area contributed by atoms with E-state index in [4.69, 9.17) is 9.47 Å².